The molecule has 19 heavy (non-hydrogen) atoms. The Kier molecular flexibility index (Phi) is 2.95. The maximum absolute atomic E-state index is 13.0. The van der Waals surface area contributed by atoms with E-state index in [1.54, 1.807) is 4.98 Å². The Morgan fingerprint density at radius 3 is 2.58 bits per heavy atom. The monoisotopic (exact) mass is 270 g/mol. The van der Waals surface area contributed by atoms with E-state index >= 15 is 0 Å². The smallest absolute Gasteiger partial charge is 0.383 e. The standard InChI is InChI=1S/C10H7FN2O6/c11-4-3-13(10(18)12-8(4)16)2-1-5-6(14)7(15)9(17)19-5/h1,3,14-15H,2H2,(H,12,16,18)/b5-1+. The molecular formula is C10H7FN2O6. The molecule has 1 aromatic heterocycles. The molecule has 9 heteroatoms. The second-order valence-electron chi connectivity index (χ2n) is 3.54. The van der Waals surface area contributed by atoms with E-state index in [1.165, 1.54) is 0 Å². The molecule has 0 spiro atoms. The molecule has 100 valence electrons. The van der Waals surface area contributed by atoms with Gasteiger partial charge in [-0.1, -0.05) is 0 Å². The lowest BCUT2D eigenvalue weighted by Gasteiger charge is -2.02. The SMILES string of the molecule is O=C1O/C(=C/Cn2cc(F)c(=O)[nH]c2=O)C(O)=C1O. The molecule has 0 bridgehead atoms. The van der Waals surface area contributed by atoms with E-state index in [-0.39, 0.29) is 12.3 Å². The summed E-state index contributed by atoms with van der Waals surface area (Å²) in [6.45, 7) is -0.285. The first kappa shape index (κ1) is 12.6. The highest BCUT2D eigenvalue weighted by Crippen LogP contribution is 2.21. The van der Waals surface area contributed by atoms with Crippen LogP contribution in [0.25, 0.3) is 0 Å². The van der Waals surface area contributed by atoms with Crippen molar-refractivity contribution >= 4 is 5.97 Å². The number of halogens is 1. The number of nitrogens with one attached hydrogen (secondary N) is 1. The summed E-state index contributed by atoms with van der Waals surface area (Å²) in [5, 5.41) is 18.3. The van der Waals surface area contributed by atoms with Gasteiger partial charge in [0.2, 0.25) is 17.3 Å². The zero-order valence-electron chi connectivity index (χ0n) is 9.21. The van der Waals surface area contributed by atoms with Crippen LogP contribution in [-0.4, -0.2) is 25.7 Å². The number of H-pyrrole nitrogens is 1. The quantitative estimate of drug-likeness (QED) is 0.619. The van der Waals surface area contributed by atoms with E-state index in [1.807, 2.05) is 0 Å². The third-order valence-corrected chi connectivity index (χ3v) is 2.29. The van der Waals surface area contributed by atoms with Crippen molar-refractivity contribution in [2.24, 2.45) is 0 Å². The molecule has 0 amide bonds. The van der Waals surface area contributed by atoms with Crippen molar-refractivity contribution in [3.63, 3.8) is 0 Å². The van der Waals surface area contributed by atoms with Crippen molar-refractivity contribution in [1.82, 2.24) is 9.55 Å². The van der Waals surface area contributed by atoms with Gasteiger partial charge in [-0.05, 0) is 6.08 Å². The highest BCUT2D eigenvalue weighted by molar-refractivity contribution is 5.91. The number of aromatic nitrogens is 2. The number of carbonyl (C=O) groups excluding carboxylic acids is 1. The minimum absolute atomic E-state index is 0.285. The summed E-state index contributed by atoms with van der Waals surface area (Å²) in [5.74, 6) is -4.39. The Morgan fingerprint density at radius 2 is 2.00 bits per heavy atom. The minimum Gasteiger partial charge on any atom is -0.502 e. The molecule has 2 heterocycles. The first-order valence-electron chi connectivity index (χ1n) is 4.94. The number of nitrogens with zero attached hydrogens (tertiary/aromatic N) is 1. The molecule has 0 aromatic carbocycles. The molecular weight excluding hydrogens is 263 g/mol. The second-order valence-corrected chi connectivity index (χ2v) is 3.54. The molecule has 1 aliphatic rings. The highest BCUT2D eigenvalue weighted by atomic mass is 19.1. The molecule has 0 aliphatic carbocycles. The van der Waals surface area contributed by atoms with Crippen LogP contribution in [0, 0.1) is 5.82 Å². The number of aliphatic hydroxyl groups is 2. The fraction of sp³-hybridized carbons (Fsp3) is 0.100. The fourth-order valence-corrected chi connectivity index (χ4v) is 1.35. The Hall–Kier alpha value is -2.84. The van der Waals surface area contributed by atoms with Crippen molar-refractivity contribution < 1.29 is 24.1 Å². The van der Waals surface area contributed by atoms with Gasteiger partial charge in [0.05, 0.1) is 6.20 Å². The van der Waals surface area contributed by atoms with Crippen LogP contribution in [-0.2, 0) is 16.1 Å². The molecule has 0 fully saturated rings. The number of cyclic esters (lactones) is 1. The van der Waals surface area contributed by atoms with Crippen LogP contribution in [0.5, 0.6) is 0 Å². The third-order valence-electron chi connectivity index (χ3n) is 2.29. The zero-order chi connectivity index (χ0) is 14.2. The molecule has 0 radical (unpaired) electrons. The number of carbonyl (C=O) groups is 1. The summed E-state index contributed by atoms with van der Waals surface area (Å²) in [6, 6.07) is 0. The number of esters is 1. The van der Waals surface area contributed by atoms with Gasteiger partial charge in [0, 0.05) is 6.54 Å². The number of aromatic amines is 1. The molecule has 0 saturated carbocycles. The van der Waals surface area contributed by atoms with Gasteiger partial charge < -0.3 is 14.9 Å². The van der Waals surface area contributed by atoms with Crippen LogP contribution in [0.1, 0.15) is 0 Å². The van der Waals surface area contributed by atoms with Gasteiger partial charge in [0.15, 0.2) is 5.76 Å². The number of hydrogen-bond acceptors (Lipinski definition) is 6. The van der Waals surface area contributed by atoms with Gasteiger partial charge in [-0.2, -0.15) is 4.39 Å². The van der Waals surface area contributed by atoms with Crippen molar-refractivity contribution in [3.8, 4) is 0 Å². The molecule has 2 rings (SSSR count). The number of hydrogen-bond donors (Lipinski definition) is 3. The summed E-state index contributed by atoms with van der Waals surface area (Å²) in [7, 11) is 0. The summed E-state index contributed by atoms with van der Waals surface area (Å²) < 4.78 is 18.2. The van der Waals surface area contributed by atoms with E-state index in [4.69, 9.17) is 5.11 Å². The number of ether oxygens (including phenoxy) is 1. The van der Waals surface area contributed by atoms with Crippen LogP contribution >= 0.6 is 0 Å². The van der Waals surface area contributed by atoms with Crippen LogP contribution < -0.4 is 11.2 Å². The summed E-state index contributed by atoms with van der Waals surface area (Å²) in [5.41, 5.74) is -2.03. The number of aliphatic hydroxyl groups excluding tert-OH is 2. The highest BCUT2D eigenvalue weighted by Gasteiger charge is 2.29. The van der Waals surface area contributed by atoms with E-state index in [0.29, 0.717) is 6.20 Å². The molecule has 1 aliphatic heterocycles. The zero-order valence-corrected chi connectivity index (χ0v) is 9.21. The second kappa shape index (κ2) is 4.44. The number of rotatable bonds is 2. The first-order chi connectivity index (χ1) is 8.90. The van der Waals surface area contributed by atoms with Gasteiger partial charge in [-0.3, -0.25) is 14.3 Å². The summed E-state index contributed by atoms with van der Waals surface area (Å²) in [6.07, 6.45) is 1.73. The lowest BCUT2D eigenvalue weighted by molar-refractivity contribution is -0.135. The molecule has 0 saturated heterocycles. The molecule has 1 aromatic rings. The van der Waals surface area contributed by atoms with E-state index < -0.39 is 34.6 Å². The average molecular weight is 270 g/mol. The summed E-state index contributed by atoms with van der Waals surface area (Å²) in [4.78, 5) is 34.7. The topological polar surface area (TPSA) is 122 Å². The van der Waals surface area contributed by atoms with Gasteiger partial charge in [-0.25, -0.2) is 9.59 Å². The van der Waals surface area contributed by atoms with Crippen molar-refractivity contribution in [1.29, 1.82) is 0 Å². The first-order valence-corrected chi connectivity index (χ1v) is 4.94. The van der Waals surface area contributed by atoms with Crippen LogP contribution in [0.4, 0.5) is 4.39 Å². The van der Waals surface area contributed by atoms with Gasteiger partial charge in [0.25, 0.3) is 5.56 Å². The fourth-order valence-electron chi connectivity index (χ4n) is 1.35. The van der Waals surface area contributed by atoms with Crippen molar-refractivity contribution in [3.05, 3.63) is 56.2 Å². The predicted molar refractivity (Wildman–Crippen MR) is 57.7 cm³/mol. The average Bonchev–Trinajstić information content (AvgIpc) is 2.60. The maximum Gasteiger partial charge on any atom is 0.383 e. The van der Waals surface area contributed by atoms with Crippen molar-refractivity contribution in [2.45, 2.75) is 6.54 Å². The Bertz CT molecular complexity index is 726. The number of allylic oxidation sites excluding steroid dienone is 1. The molecule has 8 nitrogen and oxygen atoms in total. The lowest BCUT2D eigenvalue weighted by Crippen LogP contribution is -2.31. The van der Waals surface area contributed by atoms with Crippen LogP contribution in [0.15, 0.2) is 39.1 Å². The largest absolute Gasteiger partial charge is 0.502 e. The van der Waals surface area contributed by atoms with E-state index in [2.05, 4.69) is 4.74 Å². The Balaban J connectivity index is 2.30. The third kappa shape index (κ3) is 2.25. The normalized spacial score (nSPS) is 17.1. The maximum atomic E-state index is 13.0. The van der Waals surface area contributed by atoms with Gasteiger partial charge >= 0.3 is 11.7 Å². The predicted octanol–water partition coefficient (Wildman–Crippen LogP) is -0.556. The Morgan fingerprint density at radius 1 is 1.32 bits per heavy atom. The van der Waals surface area contributed by atoms with Crippen LogP contribution in [0.3, 0.4) is 0 Å². The van der Waals surface area contributed by atoms with Gasteiger partial charge in [-0.15, -0.1) is 0 Å². The lowest BCUT2D eigenvalue weighted by atomic mass is 10.3. The molecule has 0 unspecified atom stereocenters. The van der Waals surface area contributed by atoms with Gasteiger partial charge in [0.1, 0.15) is 0 Å². The molecule has 3 N–H and O–H groups in total. The van der Waals surface area contributed by atoms with E-state index in [0.717, 1.165) is 10.6 Å². The van der Waals surface area contributed by atoms with Crippen LogP contribution in [0.2, 0.25) is 0 Å². The Labute approximate surface area is 103 Å². The minimum atomic E-state index is -1.16. The molecule has 0 atom stereocenters. The van der Waals surface area contributed by atoms with E-state index in [9.17, 15) is 23.9 Å². The van der Waals surface area contributed by atoms with Crippen molar-refractivity contribution in [2.75, 3.05) is 0 Å². The summed E-state index contributed by atoms with van der Waals surface area (Å²) >= 11 is 0.